The van der Waals surface area contributed by atoms with E-state index in [4.69, 9.17) is 5.11 Å². The molecule has 108 valence electrons. The summed E-state index contributed by atoms with van der Waals surface area (Å²) in [5.74, 6) is 0.160. The van der Waals surface area contributed by atoms with Gasteiger partial charge in [-0.3, -0.25) is 9.69 Å². The lowest BCUT2D eigenvalue weighted by Gasteiger charge is -2.25. The van der Waals surface area contributed by atoms with Crippen LogP contribution in [0.15, 0.2) is 6.07 Å². The van der Waals surface area contributed by atoms with E-state index >= 15 is 0 Å². The van der Waals surface area contributed by atoms with E-state index in [1.54, 1.807) is 0 Å². The summed E-state index contributed by atoms with van der Waals surface area (Å²) in [6.45, 7) is 9.48. The summed E-state index contributed by atoms with van der Waals surface area (Å²) in [6, 6.07) is 2.27. The first-order valence-corrected chi connectivity index (χ1v) is 6.89. The number of rotatable bonds is 7. The monoisotopic (exact) mass is 266 g/mol. The topological polar surface area (TPSA) is 45.5 Å². The van der Waals surface area contributed by atoms with Crippen molar-refractivity contribution in [3.63, 3.8) is 0 Å². The minimum atomic E-state index is 0.160. The Morgan fingerprint density at radius 2 is 2.05 bits per heavy atom. The van der Waals surface area contributed by atoms with E-state index < -0.39 is 0 Å². The predicted octanol–water partition coefficient (Wildman–Crippen LogP) is 1.92. The van der Waals surface area contributed by atoms with Crippen LogP contribution >= 0.6 is 0 Å². The van der Waals surface area contributed by atoms with Crippen molar-refractivity contribution in [1.29, 1.82) is 0 Å². The summed E-state index contributed by atoms with van der Waals surface area (Å²) < 4.78 is 2.04. The van der Waals surface area contributed by atoms with Gasteiger partial charge in [0.15, 0.2) is 5.78 Å². The van der Waals surface area contributed by atoms with Crippen molar-refractivity contribution in [2.75, 3.05) is 19.7 Å². The molecule has 1 aromatic rings. The zero-order chi connectivity index (χ0) is 14.6. The molecule has 0 saturated heterocycles. The second kappa shape index (κ2) is 6.87. The van der Waals surface area contributed by atoms with Crippen LogP contribution < -0.4 is 0 Å². The lowest BCUT2D eigenvalue weighted by atomic mass is 10.1. The number of hydrogen-bond donors (Lipinski definition) is 1. The van der Waals surface area contributed by atoms with Gasteiger partial charge < -0.3 is 9.67 Å². The predicted molar refractivity (Wildman–Crippen MR) is 77.6 cm³/mol. The van der Waals surface area contributed by atoms with E-state index in [2.05, 4.69) is 18.7 Å². The van der Waals surface area contributed by atoms with Gasteiger partial charge in [-0.15, -0.1) is 0 Å². The van der Waals surface area contributed by atoms with E-state index in [0.29, 0.717) is 19.0 Å². The van der Waals surface area contributed by atoms with Crippen LogP contribution in [0.4, 0.5) is 0 Å². The molecular formula is C15H26N2O2. The van der Waals surface area contributed by atoms with Crippen LogP contribution in [0.25, 0.3) is 0 Å². The highest BCUT2D eigenvalue weighted by atomic mass is 16.3. The van der Waals surface area contributed by atoms with Crippen molar-refractivity contribution in [3.8, 4) is 0 Å². The van der Waals surface area contributed by atoms with Gasteiger partial charge >= 0.3 is 0 Å². The third-order valence-corrected chi connectivity index (χ3v) is 3.76. The van der Waals surface area contributed by atoms with Gasteiger partial charge in [-0.2, -0.15) is 0 Å². The van der Waals surface area contributed by atoms with Crippen molar-refractivity contribution in [3.05, 3.63) is 23.0 Å². The molecule has 0 aromatic carbocycles. The maximum Gasteiger partial charge on any atom is 0.178 e. The quantitative estimate of drug-likeness (QED) is 0.767. The third-order valence-electron chi connectivity index (χ3n) is 3.76. The Labute approximate surface area is 116 Å². The molecule has 0 unspecified atom stereocenters. The Kier molecular flexibility index (Phi) is 5.76. The number of ketones is 1. The summed E-state index contributed by atoms with van der Waals surface area (Å²) in [5, 5.41) is 8.92. The molecule has 0 atom stereocenters. The number of carbonyl (C=O) groups is 1. The molecule has 0 aliphatic rings. The molecule has 0 aliphatic carbocycles. The van der Waals surface area contributed by atoms with Crippen LogP contribution in [-0.4, -0.2) is 46.1 Å². The Morgan fingerprint density at radius 1 is 1.42 bits per heavy atom. The molecule has 0 bridgehead atoms. The minimum absolute atomic E-state index is 0.160. The van der Waals surface area contributed by atoms with Crippen LogP contribution in [0, 0.1) is 13.8 Å². The molecule has 0 saturated carbocycles. The fourth-order valence-electron chi connectivity index (χ4n) is 2.20. The van der Waals surface area contributed by atoms with Crippen molar-refractivity contribution >= 4 is 5.78 Å². The van der Waals surface area contributed by atoms with E-state index in [1.165, 1.54) is 0 Å². The van der Waals surface area contributed by atoms with E-state index in [9.17, 15) is 4.79 Å². The largest absolute Gasteiger partial charge is 0.396 e. The Hall–Kier alpha value is -1.13. The maximum atomic E-state index is 12.4. The molecule has 1 heterocycles. The highest BCUT2D eigenvalue weighted by Crippen LogP contribution is 2.15. The lowest BCUT2D eigenvalue weighted by Crippen LogP contribution is -2.37. The summed E-state index contributed by atoms with van der Waals surface area (Å²) in [6.07, 6.45) is 0.707. The summed E-state index contributed by atoms with van der Waals surface area (Å²) >= 11 is 0. The molecule has 0 radical (unpaired) electrons. The molecule has 4 heteroatoms. The van der Waals surface area contributed by atoms with E-state index in [0.717, 1.165) is 23.5 Å². The highest BCUT2D eigenvalue weighted by Gasteiger charge is 2.18. The number of aryl methyl sites for hydroxylation is 1. The number of nitrogens with zero attached hydrogens (tertiary/aromatic N) is 2. The minimum Gasteiger partial charge on any atom is -0.396 e. The average molecular weight is 266 g/mol. The van der Waals surface area contributed by atoms with E-state index in [-0.39, 0.29) is 12.4 Å². The molecule has 19 heavy (non-hydrogen) atoms. The molecule has 0 spiro atoms. The third kappa shape index (κ3) is 3.91. The van der Waals surface area contributed by atoms with Crippen molar-refractivity contribution in [2.45, 2.75) is 40.2 Å². The first kappa shape index (κ1) is 15.9. The molecule has 4 nitrogen and oxygen atoms in total. The number of Topliss-reactive ketones (excluding diaryl/α,β-unsaturated/α-hetero) is 1. The number of hydrogen-bond acceptors (Lipinski definition) is 3. The molecule has 0 amide bonds. The van der Waals surface area contributed by atoms with Crippen LogP contribution in [-0.2, 0) is 7.05 Å². The highest BCUT2D eigenvalue weighted by molar-refractivity contribution is 5.99. The van der Waals surface area contributed by atoms with Crippen LogP contribution in [0.2, 0.25) is 0 Å². The molecule has 0 aliphatic heterocycles. The number of aliphatic hydroxyl groups excluding tert-OH is 1. The lowest BCUT2D eigenvalue weighted by molar-refractivity contribution is 0.0896. The summed E-state index contributed by atoms with van der Waals surface area (Å²) in [4.78, 5) is 14.5. The first-order chi connectivity index (χ1) is 8.88. The Balaban J connectivity index is 2.79. The maximum absolute atomic E-state index is 12.4. The number of aliphatic hydroxyl groups is 1. The zero-order valence-corrected chi connectivity index (χ0v) is 12.7. The second-order valence-electron chi connectivity index (χ2n) is 5.41. The van der Waals surface area contributed by atoms with Gasteiger partial charge in [0.2, 0.25) is 0 Å². The van der Waals surface area contributed by atoms with Gasteiger partial charge in [-0.1, -0.05) is 0 Å². The fraction of sp³-hybridized carbons (Fsp3) is 0.667. The summed E-state index contributed by atoms with van der Waals surface area (Å²) in [7, 11) is 1.98. The van der Waals surface area contributed by atoms with Gasteiger partial charge in [-0.05, 0) is 40.2 Å². The SMILES string of the molecule is Cc1cc(C(=O)CN(CCCO)C(C)C)c(C)n1C. The van der Waals surface area contributed by atoms with Gasteiger partial charge in [0.05, 0.1) is 6.54 Å². The molecular weight excluding hydrogens is 240 g/mol. The standard InChI is InChI=1S/C15H26N2O2/c1-11(2)17(7-6-8-18)10-15(19)14-9-12(3)16(5)13(14)4/h9,11,18H,6-8,10H2,1-5H3. The van der Waals surface area contributed by atoms with Crippen molar-refractivity contribution in [1.82, 2.24) is 9.47 Å². The van der Waals surface area contributed by atoms with Gasteiger partial charge in [0.25, 0.3) is 0 Å². The number of carbonyl (C=O) groups excluding carboxylic acids is 1. The fourth-order valence-corrected chi connectivity index (χ4v) is 2.20. The second-order valence-corrected chi connectivity index (χ2v) is 5.41. The van der Waals surface area contributed by atoms with Crippen LogP contribution in [0.3, 0.4) is 0 Å². The normalized spacial score (nSPS) is 11.6. The number of aromatic nitrogens is 1. The van der Waals surface area contributed by atoms with Gasteiger partial charge in [0, 0.05) is 43.2 Å². The summed E-state index contributed by atoms with van der Waals surface area (Å²) in [5.41, 5.74) is 2.94. The Bertz CT molecular complexity index is 436. The molecule has 0 fully saturated rings. The van der Waals surface area contributed by atoms with E-state index in [1.807, 2.05) is 31.5 Å². The average Bonchev–Trinajstić information content (AvgIpc) is 2.61. The van der Waals surface area contributed by atoms with Gasteiger partial charge in [-0.25, -0.2) is 0 Å². The molecule has 1 rings (SSSR count). The first-order valence-electron chi connectivity index (χ1n) is 6.89. The molecule has 1 N–H and O–H groups in total. The molecule has 1 aromatic heterocycles. The van der Waals surface area contributed by atoms with Crippen LogP contribution in [0.5, 0.6) is 0 Å². The van der Waals surface area contributed by atoms with Crippen LogP contribution in [0.1, 0.15) is 42.0 Å². The zero-order valence-electron chi connectivity index (χ0n) is 12.7. The van der Waals surface area contributed by atoms with Crippen molar-refractivity contribution in [2.24, 2.45) is 7.05 Å². The van der Waals surface area contributed by atoms with Crippen molar-refractivity contribution < 1.29 is 9.90 Å². The smallest absolute Gasteiger partial charge is 0.178 e. The Morgan fingerprint density at radius 3 is 2.47 bits per heavy atom. The van der Waals surface area contributed by atoms with Gasteiger partial charge in [0.1, 0.15) is 0 Å².